The van der Waals surface area contributed by atoms with E-state index in [9.17, 15) is 0 Å². The van der Waals surface area contributed by atoms with Crippen LogP contribution in [0.2, 0.25) is 0 Å². The van der Waals surface area contributed by atoms with Crippen LogP contribution in [-0.2, 0) is 0 Å². The van der Waals surface area contributed by atoms with Crippen molar-refractivity contribution in [1.82, 2.24) is 0 Å². The first-order valence-corrected chi connectivity index (χ1v) is 15.8. The van der Waals surface area contributed by atoms with Gasteiger partial charge in [-0.2, -0.15) is 21.9 Å². The van der Waals surface area contributed by atoms with Crippen molar-refractivity contribution >= 4 is 40.6 Å². The maximum Gasteiger partial charge on any atom is 0.108 e. The zero-order chi connectivity index (χ0) is 25.4. The molecule has 5 aromatic carbocycles. The van der Waals surface area contributed by atoms with Crippen LogP contribution in [0.25, 0.3) is 0 Å². The molecule has 0 atom stereocenters. The van der Waals surface area contributed by atoms with Crippen LogP contribution in [0.15, 0.2) is 146 Å². The highest BCUT2D eigenvalue weighted by molar-refractivity contribution is 7.80. The van der Waals surface area contributed by atoms with Gasteiger partial charge in [0.05, 0.1) is 25.3 Å². The molecule has 180 valence electrons. The Bertz CT molecular complexity index is 1160. The quantitative estimate of drug-likeness (QED) is 0.224. The molecule has 0 unspecified atom stereocenters. The van der Waals surface area contributed by atoms with Crippen molar-refractivity contribution in [2.45, 2.75) is 6.92 Å². The molecule has 36 heavy (non-hydrogen) atoms. The van der Waals surface area contributed by atoms with Gasteiger partial charge in [-0.05, 0) is 19.1 Å². The maximum absolute atomic E-state index is 2.34. The molecule has 0 spiro atoms. The third kappa shape index (κ3) is 5.70. The lowest BCUT2D eigenvalue weighted by Crippen LogP contribution is -2.74. The molecule has 0 aromatic heterocycles. The molecule has 0 N–H and O–H groups in total. The highest BCUT2D eigenvalue weighted by atomic mass is 31.2. The Hall–Kier alpha value is -3.41. The van der Waals surface area contributed by atoms with Crippen LogP contribution >= 0.6 is 7.26 Å². The molecule has 5 aromatic rings. The molecule has 0 aliphatic heterocycles. The first-order valence-electron chi connectivity index (χ1n) is 12.7. The Morgan fingerprint density at radius 3 is 0.917 bits per heavy atom. The monoisotopic (exact) mass is 486 g/mol. The van der Waals surface area contributed by atoms with Gasteiger partial charge in [0.15, 0.2) is 0 Å². The molecule has 0 fully saturated rings. The summed E-state index contributed by atoms with van der Waals surface area (Å²) in [7, 11) is -0.788. The SMILES string of the molecule is Cc1ccc([P+](C)(C)C)cc1.c1ccc([B-](c2ccccc2)(c2ccccc2)c2ccccc2)cc1. The van der Waals surface area contributed by atoms with Crippen LogP contribution in [0, 0.1) is 6.92 Å². The Balaban J connectivity index is 0.000000233. The van der Waals surface area contributed by atoms with E-state index in [4.69, 9.17) is 0 Å². The zero-order valence-corrected chi connectivity index (χ0v) is 22.8. The minimum absolute atomic E-state index is 0.788. The topological polar surface area (TPSA) is 0 Å². The fourth-order valence-corrected chi connectivity index (χ4v) is 6.16. The molecular formula is C34H36BP. The summed E-state index contributed by atoms with van der Waals surface area (Å²) in [6.45, 7) is 9.16. The second-order valence-electron chi connectivity index (χ2n) is 10.4. The Kier molecular flexibility index (Phi) is 8.24. The summed E-state index contributed by atoms with van der Waals surface area (Å²) in [6, 6.07) is 52.4. The Morgan fingerprint density at radius 2 is 0.667 bits per heavy atom. The number of benzene rings is 5. The predicted octanol–water partition coefficient (Wildman–Crippen LogP) is 5.59. The minimum atomic E-state index is -1.22. The second-order valence-corrected chi connectivity index (χ2v) is 14.9. The molecule has 0 aliphatic carbocycles. The number of rotatable bonds is 5. The van der Waals surface area contributed by atoms with Gasteiger partial charge in [-0.3, -0.25) is 0 Å². The van der Waals surface area contributed by atoms with E-state index >= 15 is 0 Å². The zero-order valence-electron chi connectivity index (χ0n) is 21.9. The van der Waals surface area contributed by atoms with Gasteiger partial charge >= 0.3 is 0 Å². The average Bonchev–Trinajstić information content (AvgIpc) is 2.92. The predicted molar refractivity (Wildman–Crippen MR) is 166 cm³/mol. The number of hydrogen-bond donors (Lipinski definition) is 0. The molecule has 0 aliphatic rings. The van der Waals surface area contributed by atoms with Crippen LogP contribution in [0.5, 0.6) is 0 Å². The molecule has 0 saturated carbocycles. The molecule has 0 nitrogen and oxygen atoms in total. The molecular weight excluding hydrogens is 450 g/mol. The van der Waals surface area contributed by atoms with Gasteiger partial charge < -0.3 is 0 Å². The van der Waals surface area contributed by atoms with Gasteiger partial charge in [0.1, 0.15) is 6.15 Å². The first-order chi connectivity index (χ1) is 17.4. The number of hydrogen-bond acceptors (Lipinski definition) is 0. The van der Waals surface area contributed by atoms with Crippen molar-refractivity contribution < 1.29 is 0 Å². The number of aryl methyl sites for hydroxylation is 1. The molecule has 0 radical (unpaired) electrons. The Labute approximate surface area is 218 Å². The molecule has 0 bridgehead atoms. The van der Waals surface area contributed by atoms with E-state index in [0.29, 0.717) is 0 Å². The standard InChI is InChI=1S/C24H20B.C10H16P/c1-5-13-21(14-6-1)25(22-15-7-2-8-16-22,23-17-9-3-10-18-23)24-19-11-4-12-20-24;1-9-5-7-10(8-6-9)11(2,3)4/h1-20H;5-8H,1-4H3/q-1;+1. The summed E-state index contributed by atoms with van der Waals surface area (Å²) < 4.78 is 0. The van der Waals surface area contributed by atoms with E-state index in [1.54, 1.807) is 0 Å². The van der Waals surface area contributed by atoms with E-state index in [1.165, 1.54) is 32.7 Å². The highest BCUT2D eigenvalue weighted by Crippen LogP contribution is 2.44. The van der Waals surface area contributed by atoms with Crippen LogP contribution in [-0.4, -0.2) is 26.1 Å². The lowest BCUT2D eigenvalue weighted by atomic mass is 9.13. The van der Waals surface area contributed by atoms with E-state index < -0.39 is 13.4 Å². The van der Waals surface area contributed by atoms with Crippen molar-refractivity contribution in [1.29, 1.82) is 0 Å². The van der Waals surface area contributed by atoms with Crippen molar-refractivity contribution in [3.05, 3.63) is 151 Å². The summed E-state index contributed by atoms with van der Waals surface area (Å²) >= 11 is 0. The van der Waals surface area contributed by atoms with Crippen molar-refractivity contribution in [3.8, 4) is 0 Å². The maximum atomic E-state index is 2.34. The molecule has 0 saturated heterocycles. The van der Waals surface area contributed by atoms with E-state index in [-0.39, 0.29) is 0 Å². The van der Waals surface area contributed by atoms with Crippen LogP contribution in [0.4, 0.5) is 0 Å². The summed E-state index contributed by atoms with van der Waals surface area (Å²) in [5.74, 6) is 0. The minimum Gasteiger partial charge on any atom is -0.195 e. The fraction of sp³-hybridized carbons (Fsp3) is 0.118. The lowest BCUT2D eigenvalue weighted by Gasteiger charge is -2.44. The molecule has 0 heterocycles. The third-order valence-electron chi connectivity index (χ3n) is 7.01. The van der Waals surface area contributed by atoms with Gasteiger partial charge in [-0.15, -0.1) is 0 Å². The average molecular weight is 486 g/mol. The van der Waals surface area contributed by atoms with Gasteiger partial charge in [0.2, 0.25) is 0 Å². The van der Waals surface area contributed by atoms with Gasteiger partial charge in [-0.1, -0.05) is 139 Å². The molecule has 0 amide bonds. The second kappa shape index (κ2) is 11.6. The normalized spacial score (nSPS) is 11.3. The van der Waals surface area contributed by atoms with Gasteiger partial charge in [0.25, 0.3) is 0 Å². The van der Waals surface area contributed by atoms with Crippen molar-refractivity contribution in [3.63, 3.8) is 0 Å². The summed E-state index contributed by atoms with van der Waals surface area (Å²) in [6.07, 6.45) is -1.22. The smallest absolute Gasteiger partial charge is 0.108 e. The summed E-state index contributed by atoms with van der Waals surface area (Å²) in [4.78, 5) is 0. The fourth-order valence-electron chi connectivity index (χ4n) is 5.11. The van der Waals surface area contributed by atoms with E-state index in [1.807, 2.05) is 0 Å². The third-order valence-corrected chi connectivity index (χ3v) is 8.85. The van der Waals surface area contributed by atoms with Gasteiger partial charge in [0, 0.05) is 7.26 Å². The largest absolute Gasteiger partial charge is 0.195 e. The lowest BCUT2D eigenvalue weighted by molar-refractivity contribution is 1.49. The van der Waals surface area contributed by atoms with Gasteiger partial charge in [-0.25, -0.2) is 0 Å². The van der Waals surface area contributed by atoms with E-state index in [2.05, 4.69) is 173 Å². The van der Waals surface area contributed by atoms with Crippen LogP contribution < -0.4 is 27.2 Å². The molecule has 5 rings (SSSR count). The summed E-state index contributed by atoms with van der Waals surface area (Å²) in [5.41, 5.74) is 6.71. The van der Waals surface area contributed by atoms with Crippen LogP contribution in [0.1, 0.15) is 5.56 Å². The van der Waals surface area contributed by atoms with Crippen LogP contribution in [0.3, 0.4) is 0 Å². The highest BCUT2D eigenvalue weighted by Gasteiger charge is 2.31. The van der Waals surface area contributed by atoms with E-state index in [0.717, 1.165) is 0 Å². The summed E-state index contributed by atoms with van der Waals surface area (Å²) in [5, 5.41) is 1.52. The Morgan fingerprint density at radius 1 is 0.389 bits per heavy atom. The van der Waals surface area contributed by atoms with Crippen molar-refractivity contribution in [2.75, 3.05) is 20.0 Å². The van der Waals surface area contributed by atoms with Crippen molar-refractivity contribution in [2.24, 2.45) is 0 Å². The first kappa shape index (κ1) is 25.7. The molecule has 2 heteroatoms.